The summed E-state index contributed by atoms with van der Waals surface area (Å²) >= 11 is 0. The molecule has 0 spiro atoms. The Kier molecular flexibility index (Phi) is 3.06. The molecule has 1 unspecified atom stereocenters. The molecule has 2 aromatic rings. The number of benzene rings is 1. The van der Waals surface area contributed by atoms with Gasteiger partial charge in [0.05, 0.1) is 11.7 Å². The van der Waals surface area contributed by atoms with Crippen molar-refractivity contribution in [2.24, 2.45) is 11.7 Å². The van der Waals surface area contributed by atoms with Crippen LogP contribution in [0.2, 0.25) is 0 Å². The molecule has 1 saturated carbocycles. The predicted molar refractivity (Wildman–Crippen MR) is 75.9 cm³/mol. The van der Waals surface area contributed by atoms with Gasteiger partial charge in [-0.15, -0.1) is 0 Å². The zero-order chi connectivity index (χ0) is 14.2. The van der Waals surface area contributed by atoms with Crippen LogP contribution >= 0.6 is 0 Å². The average molecular weight is 271 g/mol. The second-order valence-corrected chi connectivity index (χ2v) is 5.46. The van der Waals surface area contributed by atoms with Crippen LogP contribution in [0.4, 0.5) is 5.69 Å². The van der Waals surface area contributed by atoms with Gasteiger partial charge in [0.15, 0.2) is 12.2 Å². The van der Waals surface area contributed by atoms with Crippen molar-refractivity contribution < 1.29 is 9.21 Å². The number of carbonyl (C=O) groups is 1. The Bertz CT molecular complexity index is 616. The van der Waals surface area contributed by atoms with E-state index in [1.807, 2.05) is 24.3 Å². The molecule has 3 rings (SSSR count). The third-order valence-electron chi connectivity index (χ3n) is 3.75. The molecule has 1 aromatic carbocycles. The number of aromatic nitrogens is 1. The largest absolute Gasteiger partial charge is 0.444 e. The van der Waals surface area contributed by atoms with Crippen LogP contribution < -0.4 is 11.1 Å². The lowest BCUT2D eigenvalue weighted by Gasteiger charge is -2.23. The minimum atomic E-state index is -0.803. The molecule has 1 atom stereocenters. The van der Waals surface area contributed by atoms with Gasteiger partial charge in [0, 0.05) is 11.3 Å². The van der Waals surface area contributed by atoms with Crippen LogP contribution in [0.15, 0.2) is 41.3 Å². The third kappa shape index (κ3) is 2.44. The van der Waals surface area contributed by atoms with Crippen molar-refractivity contribution in [1.29, 1.82) is 0 Å². The summed E-state index contributed by atoms with van der Waals surface area (Å²) in [6.07, 6.45) is 5.07. The van der Waals surface area contributed by atoms with Crippen molar-refractivity contribution in [2.45, 2.75) is 25.3 Å². The van der Waals surface area contributed by atoms with Crippen molar-refractivity contribution in [1.82, 2.24) is 4.98 Å². The van der Waals surface area contributed by atoms with Gasteiger partial charge in [-0.05, 0) is 37.8 Å². The second kappa shape index (κ2) is 4.76. The molecule has 1 aromatic heterocycles. The number of nitrogens with two attached hydrogens (primary N) is 1. The molecule has 20 heavy (non-hydrogen) atoms. The highest BCUT2D eigenvalue weighted by atomic mass is 16.3. The van der Waals surface area contributed by atoms with Crippen molar-refractivity contribution in [2.75, 3.05) is 5.32 Å². The first-order chi connectivity index (χ1) is 9.57. The number of nitrogens with one attached hydrogen (secondary N) is 1. The lowest BCUT2D eigenvalue weighted by Crippen LogP contribution is -2.50. The number of hydrogen-bond donors (Lipinski definition) is 2. The van der Waals surface area contributed by atoms with Gasteiger partial charge in [-0.25, -0.2) is 4.98 Å². The first-order valence-corrected chi connectivity index (χ1v) is 6.66. The smallest absolute Gasteiger partial charge is 0.244 e. The highest BCUT2D eigenvalue weighted by molar-refractivity contribution is 5.98. The maximum atomic E-state index is 12.2. The lowest BCUT2D eigenvalue weighted by atomic mass is 9.96. The summed E-state index contributed by atoms with van der Waals surface area (Å²) < 4.78 is 5.25. The van der Waals surface area contributed by atoms with Gasteiger partial charge < -0.3 is 15.5 Å². The number of oxazole rings is 1. The van der Waals surface area contributed by atoms with Gasteiger partial charge in [-0.1, -0.05) is 12.1 Å². The van der Waals surface area contributed by atoms with Crippen molar-refractivity contribution in [3.8, 4) is 11.3 Å². The monoisotopic (exact) mass is 271 g/mol. The maximum absolute atomic E-state index is 12.2. The van der Waals surface area contributed by atoms with Crippen LogP contribution in [0.3, 0.4) is 0 Å². The molecule has 5 heteroatoms. The Morgan fingerprint density at radius 2 is 2.30 bits per heavy atom. The van der Waals surface area contributed by atoms with E-state index in [2.05, 4.69) is 10.3 Å². The fourth-order valence-corrected chi connectivity index (χ4v) is 2.24. The predicted octanol–water partition coefficient (Wildman–Crippen LogP) is 2.41. The molecule has 104 valence electrons. The molecule has 1 heterocycles. The molecular formula is C15H17N3O2. The minimum absolute atomic E-state index is 0.144. The number of carbonyl (C=O) groups excluding carboxylic acids is 1. The number of hydrogen-bond acceptors (Lipinski definition) is 4. The van der Waals surface area contributed by atoms with Crippen LogP contribution in [-0.4, -0.2) is 16.4 Å². The van der Waals surface area contributed by atoms with Crippen LogP contribution in [0.25, 0.3) is 11.3 Å². The Hall–Kier alpha value is -2.14. The summed E-state index contributed by atoms with van der Waals surface area (Å²) in [6.45, 7) is 1.79. The van der Waals surface area contributed by atoms with Crippen molar-refractivity contribution in [3.05, 3.63) is 36.9 Å². The summed E-state index contributed by atoms with van der Waals surface area (Å²) in [7, 11) is 0. The van der Waals surface area contributed by atoms with Gasteiger partial charge in [0.1, 0.15) is 0 Å². The number of rotatable bonds is 4. The molecule has 1 fully saturated rings. The van der Waals surface area contributed by atoms with E-state index in [9.17, 15) is 4.79 Å². The van der Waals surface area contributed by atoms with Gasteiger partial charge in [-0.3, -0.25) is 4.79 Å². The number of amides is 1. The summed E-state index contributed by atoms with van der Waals surface area (Å²) in [6, 6.07) is 7.44. The Morgan fingerprint density at radius 3 is 2.95 bits per heavy atom. The number of anilines is 1. The van der Waals surface area contributed by atoms with E-state index in [1.165, 1.54) is 6.39 Å². The van der Waals surface area contributed by atoms with Crippen LogP contribution in [0.5, 0.6) is 0 Å². The first-order valence-electron chi connectivity index (χ1n) is 6.66. The highest BCUT2D eigenvalue weighted by Crippen LogP contribution is 2.38. The summed E-state index contributed by atoms with van der Waals surface area (Å²) in [5, 5.41) is 2.88. The molecule has 3 N–H and O–H groups in total. The fraction of sp³-hybridized carbons (Fsp3) is 0.333. The molecule has 0 saturated heterocycles. The minimum Gasteiger partial charge on any atom is -0.444 e. The molecule has 0 bridgehead atoms. The lowest BCUT2D eigenvalue weighted by molar-refractivity contribution is -0.121. The summed E-state index contributed by atoms with van der Waals surface area (Å²) in [5.41, 5.74) is 6.88. The first kappa shape index (κ1) is 12.9. The third-order valence-corrected chi connectivity index (χ3v) is 3.75. The molecule has 0 radical (unpaired) electrons. The van der Waals surface area contributed by atoms with E-state index in [0.29, 0.717) is 17.4 Å². The van der Waals surface area contributed by atoms with Crippen molar-refractivity contribution >= 4 is 11.6 Å². The summed E-state index contributed by atoms with van der Waals surface area (Å²) in [5.74, 6) is 0.813. The molecule has 1 aliphatic carbocycles. The van der Waals surface area contributed by atoms with Crippen LogP contribution in [0.1, 0.15) is 19.8 Å². The molecule has 0 aliphatic heterocycles. The maximum Gasteiger partial charge on any atom is 0.244 e. The molecule has 1 aliphatic rings. The van der Waals surface area contributed by atoms with Gasteiger partial charge >= 0.3 is 0 Å². The van der Waals surface area contributed by atoms with Crippen LogP contribution in [-0.2, 0) is 4.79 Å². The molecule has 5 nitrogen and oxygen atoms in total. The van der Waals surface area contributed by atoms with Crippen molar-refractivity contribution in [3.63, 3.8) is 0 Å². The average Bonchev–Trinajstić information content (AvgIpc) is 3.15. The Labute approximate surface area is 117 Å². The van der Waals surface area contributed by atoms with E-state index in [1.54, 1.807) is 13.1 Å². The van der Waals surface area contributed by atoms with E-state index >= 15 is 0 Å². The molecule has 1 amide bonds. The SMILES string of the molecule is CC(N)(C(=O)Nc1cccc(-c2cnco2)c1)C1CC1. The zero-order valence-corrected chi connectivity index (χ0v) is 11.3. The van der Waals surface area contributed by atoms with E-state index in [0.717, 1.165) is 18.4 Å². The van der Waals surface area contributed by atoms with Gasteiger partial charge in [0.2, 0.25) is 5.91 Å². The fourth-order valence-electron chi connectivity index (χ4n) is 2.24. The van der Waals surface area contributed by atoms with Crippen LogP contribution in [0, 0.1) is 5.92 Å². The summed E-state index contributed by atoms with van der Waals surface area (Å²) in [4.78, 5) is 16.1. The quantitative estimate of drug-likeness (QED) is 0.894. The van der Waals surface area contributed by atoms with E-state index in [-0.39, 0.29) is 5.91 Å². The second-order valence-electron chi connectivity index (χ2n) is 5.46. The van der Waals surface area contributed by atoms with Gasteiger partial charge in [0.25, 0.3) is 0 Å². The van der Waals surface area contributed by atoms with Gasteiger partial charge in [-0.2, -0.15) is 0 Å². The Balaban J connectivity index is 1.78. The normalized spacial score (nSPS) is 17.5. The highest BCUT2D eigenvalue weighted by Gasteiger charge is 2.44. The molecular weight excluding hydrogens is 254 g/mol. The van der Waals surface area contributed by atoms with E-state index < -0.39 is 5.54 Å². The Morgan fingerprint density at radius 1 is 1.50 bits per heavy atom. The topological polar surface area (TPSA) is 81.2 Å². The zero-order valence-electron chi connectivity index (χ0n) is 11.3. The van der Waals surface area contributed by atoms with E-state index in [4.69, 9.17) is 10.2 Å². The number of nitrogens with zero attached hydrogens (tertiary/aromatic N) is 1. The standard InChI is InChI=1S/C15H17N3O2/c1-15(16,11-5-6-11)14(19)18-12-4-2-3-10(7-12)13-8-17-9-20-13/h2-4,7-9,11H,5-6,16H2,1H3,(H,18,19).